The zero-order chi connectivity index (χ0) is 48.5. The van der Waals surface area contributed by atoms with Crippen molar-refractivity contribution in [2.24, 2.45) is 33.5 Å². The van der Waals surface area contributed by atoms with Gasteiger partial charge in [0, 0.05) is 59.3 Å². The minimum atomic E-state index is -1.53. The number of hydrogen-bond donors (Lipinski definition) is 7. The van der Waals surface area contributed by atoms with Crippen molar-refractivity contribution in [3.8, 4) is 0 Å². The number of aliphatic carboxylic acids is 2. The van der Waals surface area contributed by atoms with Gasteiger partial charge in [-0.1, -0.05) is 72.9 Å². The van der Waals surface area contributed by atoms with Crippen LogP contribution < -0.4 is 26.6 Å². The second-order valence-corrected chi connectivity index (χ2v) is 19.6. The molecule has 0 aromatic heterocycles. The highest BCUT2D eigenvalue weighted by atomic mass is 32.1. The van der Waals surface area contributed by atoms with Gasteiger partial charge in [-0.15, -0.1) is 0 Å². The van der Waals surface area contributed by atoms with E-state index in [1.807, 2.05) is 0 Å². The zero-order valence-corrected chi connectivity index (χ0v) is 40.6. The number of carboxylic acid groups (broad SMARTS) is 2. The average molecular weight is 929 g/mol. The number of hydrogen-bond acceptors (Lipinski definition) is 12. The van der Waals surface area contributed by atoms with E-state index < -0.39 is 69.1 Å². The number of amides is 6. The highest BCUT2D eigenvalue weighted by Gasteiger charge is 2.65. The summed E-state index contributed by atoms with van der Waals surface area (Å²) in [7, 11) is 0. The van der Waals surface area contributed by atoms with Gasteiger partial charge in [0.2, 0.25) is 35.4 Å². The van der Waals surface area contributed by atoms with Crippen LogP contribution in [0.4, 0.5) is 0 Å². The monoisotopic (exact) mass is 928 g/mol. The zero-order valence-electron chi connectivity index (χ0n) is 38.9. The number of nitrogens with zero attached hydrogens (tertiary/aromatic N) is 1. The van der Waals surface area contributed by atoms with E-state index in [0.29, 0.717) is 6.42 Å². The van der Waals surface area contributed by atoms with Crippen LogP contribution in [0.1, 0.15) is 115 Å². The van der Waals surface area contributed by atoms with Gasteiger partial charge in [0.25, 0.3) is 0 Å². The smallest absolute Gasteiger partial charge is 0.316 e. The number of ether oxygens (including phenoxy) is 2. The van der Waals surface area contributed by atoms with E-state index in [1.165, 1.54) is 4.90 Å². The van der Waals surface area contributed by atoms with E-state index in [-0.39, 0.29) is 118 Å². The molecule has 1 fully saturated rings. The molecule has 6 amide bonds. The first-order valence-corrected chi connectivity index (χ1v) is 22.3. The van der Waals surface area contributed by atoms with E-state index in [1.54, 1.807) is 76.2 Å². The van der Waals surface area contributed by atoms with E-state index in [2.05, 4.69) is 26.6 Å². The van der Waals surface area contributed by atoms with Gasteiger partial charge in [-0.25, -0.2) is 0 Å². The summed E-state index contributed by atoms with van der Waals surface area (Å²) in [5, 5.41) is 33.2. The first-order valence-electron chi connectivity index (χ1n) is 21.5. The van der Waals surface area contributed by atoms with Crippen LogP contribution in [0.5, 0.6) is 0 Å². The normalized spacial score (nSPS) is 16.7. The Balaban J connectivity index is 2.49. The summed E-state index contributed by atoms with van der Waals surface area (Å²) < 4.78 is 11.2. The molecule has 0 heterocycles. The number of carboxylic acids is 2. The second kappa shape index (κ2) is 25.4. The number of rotatable bonds is 30. The van der Waals surface area contributed by atoms with Gasteiger partial charge in [-0.2, -0.15) is 0 Å². The van der Waals surface area contributed by atoms with Gasteiger partial charge in [0.1, 0.15) is 18.5 Å². The lowest BCUT2D eigenvalue weighted by atomic mass is 9.82. The van der Waals surface area contributed by atoms with Gasteiger partial charge >= 0.3 is 11.9 Å². The number of thiocarbonyl (C=S) groups is 2. The molecular weight excluding hydrogens is 857 g/mol. The second-order valence-electron chi connectivity index (χ2n) is 18.7. The molecule has 1 rings (SSSR count). The van der Waals surface area contributed by atoms with Crippen molar-refractivity contribution in [1.29, 1.82) is 0 Å². The van der Waals surface area contributed by atoms with Crippen molar-refractivity contribution in [3.05, 3.63) is 0 Å². The molecule has 0 aromatic rings. The van der Waals surface area contributed by atoms with Crippen LogP contribution in [-0.2, 0) is 47.8 Å². The van der Waals surface area contributed by atoms with Crippen LogP contribution in [0, 0.1) is 33.5 Å². The minimum Gasteiger partial charge on any atom is -0.481 e. The molecule has 2 unspecified atom stereocenters. The van der Waals surface area contributed by atoms with Crippen LogP contribution in [-0.4, -0.2) is 137 Å². The Morgan fingerprint density at radius 2 is 1.24 bits per heavy atom. The Morgan fingerprint density at radius 3 is 1.73 bits per heavy atom. The van der Waals surface area contributed by atoms with Crippen molar-refractivity contribution in [2.45, 2.75) is 127 Å². The van der Waals surface area contributed by atoms with Crippen LogP contribution in [0.15, 0.2) is 0 Å². The van der Waals surface area contributed by atoms with E-state index >= 15 is 0 Å². The molecule has 18 nitrogen and oxygen atoms in total. The molecule has 20 heteroatoms. The molecule has 7 N–H and O–H groups in total. The maximum absolute atomic E-state index is 13.2. The summed E-state index contributed by atoms with van der Waals surface area (Å²) in [6.07, 6.45) is 0.858. The van der Waals surface area contributed by atoms with Crippen LogP contribution in [0.25, 0.3) is 0 Å². The lowest BCUT2D eigenvalue weighted by Crippen LogP contribution is -2.48. The molecule has 0 spiro atoms. The molecule has 0 bridgehead atoms. The Bertz CT molecular complexity index is 1660. The number of carbonyl (C=O) groups excluding carboxylic acids is 6. The van der Waals surface area contributed by atoms with E-state index in [4.69, 9.17) is 33.9 Å². The van der Waals surface area contributed by atoms with Crippen molar-refractivity contribution in [3.63, 3.8) is 0 Å². The standard InChI is InChI=1S/C43H72N6O12S2/c1-12-29(34(53)54)30(62)23-42(10,11)37(57)48-38(63)43(39(58)59)22-28(43)21-41(8,9)36(56)45-16-18-61-20-19-60-17-14-40(6,7)35(55)44-15-13-33(52)49(24-31(50)46-26(2)3)25-32(51)47-27(4)5/h26-29H,12-25H2,1-11H3,(H,44,55)(H,45,56)(H,46,50)(H,47,51)(H,53,54)(H,58,59)(H,48,57,63)/t28?,29?,43-/m0/s1. The molecular formula is C43H72N6O12S2. The third-order valence-electron chi connectivity index (χ3n) is 10.8. The topological polar surface area (TPSA) is 259 Å². The first-order chi connectivity index (χ1) is 29.0. The molecule has 358 valence electrons. The van der Waals surface area contributed by atoms with Gasteiger partial charge < -0.3 is 51.2 Å². The van der Waals surface area contributed by atoms with Crippen LogP contribution in [0.2, 0.25) is 0 Å². The van der Waals surface area contributed by atoms with Crippen molar-refractivity contribution in [1.82, 2.24) is 31.5 Å². The highest BCUT2D eigenvalue weighted by molar-refractivity contribution is 7.80. The molecule has 1 aliphatic carbocycles. The Morgan fingerprint density at radius 1 is 0.730 bits per heavy atom. The summed E-state index contributed by atoms with van der Waals surface area (Å²) in [6.45, 7) is 19.4. The first kappa shape index (κ1) is 56.9. The quantitative estimate of drug-likeness (QED) is 0.0404. The van der Waals surface area contributed by atoms with Crippen LogP contribution >= 0.6 is 24.4 Å². The molecule has 3 atom stereocenters. The number of carbonyl (C=O) groups is 8. The maximum Gasteiger partial charge on any atom is 0.316 e. The highest BCUT2D eigenvalue weighted by Crippen LogP contribution is 2.58. The third-order valence-corrected chi connectivity index (χ3v) is 11.6. The van der Waals surface area contributed by atoms with Gasteiger partial charge in [0.15, 0.2) is 0 Å². The molecule has 0 aromatic carbocycles. The minimum absolute atomic E-state index is 0.00545. The van der Waals surface area contributed by atoms with Crippen molar-refractivity contribution >= 4 is 81.7 Å². The lowest BCUT2D eigenvalue weighted by Gasteiger charge is -2.28. The Kier molecular flexibility index (Phi) is 22.9. The van der Waals surface area contributed by atoms with Crippen molar-refractivity contribution < 1.29 is 58.0 Å². The molecule has 1 saturated carbocycles. The SMILES string of the molecule is CCC(C(=O)O)C(=S)CC(C)(C)C(=O)NC(=S)[C@]1(C(=O)O)CC1CC(C)(C)C(=O)NCCOCCOCCC(C)(C)C(=O)NCCC(=O)N(CC(=O)NC(C)C)CC(=O)NC(C)C. The summed E-state index contributed by atoms with van der Waals surface area (Å²) >= 11 is 10.8. The summed E-state index contributed by atoms with van der Waals surface area (Å²) in [5.41, 5.74) is -4.49. The predicted octanol–water partition coefficient (Wildman–Crippen LogP) is 2.78. The summed E-state index contributed by atoms with van der Waals surface area (Å²) in [6, 6.07) is -0.276. The Labute approximate surface area is 382 Å². The van der Waals surface area contributed by atoms with E-state index in [9.17, 15) is 48.6 Å². The Hall–Kier alpha value is -4.14. The predicted molar refractivity (Wildman–Crippen MR) is 244 cm³/mol. The largest absolute Gasteiger partial charge is 0.481 e. The molecule has 1 aliphatic rings. The fourth-order valence-electron chi connectivity index (χ4n) is 6.72. The van der Waals surface area contributed by atoms with Crippen LogP contribution in [0.3, 0.4) is 0 Å². The fraction of sp³-hybridized carbons (Fsp3) is 0.767. The maximum atomic E-state index is 13.2. The third kappa shape index (κ3) is 18.9. The van der Waals surface area contributed by atoms with Crippen molar-refractivity contribution in [2.75, 3.05) is 52.6 Å². The van der Waals surface area contributed by atoms with Gasteiger partial charge in [-0.3, -0.25) is 38.4 Å². The average Bonchev–Trinajstić information content (AvgIpc) is 3.87. The lowest BCUT2D eigenvalue weighted by molar-refractivity contribution is -0.142. The van der Waals surface area contributed by atoms with Gasteiger partial charge in [0.05, 0.1) is 30.7 Å². The number of nitrogens with one attached hydrogen (secondary N) is 5. The van der Waals surface area contributed by atoms with E-state index in [0.717, 1.165) is 0 Å². The summed E-state index contributed by atoms with van der Waals surface area (Å²) in [5.74, 6) is -6.09. The van der Waals surface area contributed by atoms with Gasteiger partial charge in [-0.05, 0) is 65.7 Å². The summed E-state index contributed by atoms with van der Waals surface area (Å²) in [4.78, 5) is 102. The molecule has 0 aliphatic heterocycles. The molecule has 0 radical (unpaired) electrons. The fourth-order valence-corrected chi connectivity index (χ4v) is 7.78. The molecule has 63 heavy (non-hydrogen) atoms. The molecule has 0 saturated heterocycles.